The van der Waals surface area contributed by atoms with Crippen LogP contribution in [-0.2, 0) is 11.2 Å². The van der Waals surface area contributed by atoms with E-state index in [0.29, 0.717) is 6.04 Å². The third-order valence-corrected chi connectivity index (χ3v) is 3.57. The maximum atomic E-state index is 5.62. The van der Waals surface area contributed by atoms with Gasteiger partial charge in [0.25, 0.3) is 0 Å². The van der Waals surface area contributed by atoms with Crippen molar-refractivity contribution in [2.45, 2.75) is 51.7 Å². The van der Waals surface area contributed by atoms with Crippen molar-refractivity contribution in [3.05, 3.63) is 35.9 Å². The fourth-order valence-electron chi connectivity index (χ4n) is 2.11. The third kappa shape index (κ3) is 4.79. The van der Waals surface area contributed by atoms with E-state index in [1.54, 1.807) is 7.11 Å². The number of ether oxygens (including phenoxy) is 1. The van der Waals surface area contributed by atoms with E-state index >= 15 is 0 Å². The number of methoxy groups -OCH3 is 1. The molecule has 0 saturated carbocycles. The van der Waals surface area contributed by atoms with Crippen LogP contribution in [0.3, 0.4) is 0 Å². The maximum Gasteiger partial charge on any atom is 0.0775 e. The van der Waals surface area contributed by atoms with Gasteiger partial charge in [-0.1, -0.05) is 37.3 Å². The Labute approximate surface area is 112 Å². The lowest BCUT2D eigenvalue weighted by Gasteiger charge is -2.34. The van der Waals surface area contributed by atoms with Gasteiger partial charge >= 0.3 is 0 Å². The largest absolute Gasteiger partial charge is 0.377 e. The Morgan fingerprint density at radius 2 is 1.89 bits per heavy atom. The molecule has 1 rings (SSSR count). The Bertz CT molecular complexity index is 321. The van der Waals surface area contributed by atoms with Crippen LogP contribution in [0.5, 0.6) is 0 Å². The van der Waals surface area contributed by atoms with Gasteiger partial charge < -0.3 is 10.1 Å². The molecule has 0 saturated heterocycles. The number of hydrogen-bond acceptors (Lipinski definition) is 2. The number of nitrogens with one attached hydrogen (secondary N) is 1. The minimum absolute atomic E-state index is 0.121. The van der Waals surface area contributed by atoms with Gasteiger partial charge in [-0.25, -0.2) is 0 Å². The molecule has 1 aromatic rings. The third-order valence-electron chi connectivity index (χ3n) is 3.57. The van der Waals surface area contributed by atoms with E-state index in [1.807, 2.05) is 0 Å². The Hall–Kier alpha value is -0.860. The first-order chi connectivity index (χ1) is 8.60. The van der Waals surface area contributed by atoms with Gasteiger partial charge in [0.2, 0.25) is 0 Å². The van der Waals surface area contributed by atoms with E-state index in [9.17, 15) is 0 Å². The molecule has 1 atom stereocenters. The molecule has 0 radical (unpaired) electrons. The lowest BCUT2D eigenvalue weighted by molar-refractivity contribution is -0.0123. The van der Waals surface area contributed by atoms with Gasteiger partial charge in [0, 0.05) is 13.2 Å². The Morgan fingerprint density at radius 1 is 1.22 bits per heavy atom. The fourth-order valence-corrected chi connectivity index (χ4v) is 2.11. The van der Waals surface area contributed by atoms with Crippen LogP contribution in [0.25, 0.3) is 0 Å². The highest BCUT2D eigenvalue weighted by Gasteiger charge is 2.28. The molecule has 0 fully saturated rings. The molecule has 0 heterocycles. The van der Waals surface area contributed by atoms with Crippen LogP contribution in [0.1, 0.15) is 39.2 Å². The van der Waals surface area contributed by atoms with Crippen LogP contribution in [0.15, 0.2) is 30.3 Å². The van der Waals surface area contributed by atoms with E-state index in [4.69, 9.17) is 4.74 Å². The van der Waals surface area contributed by atoms with Crippen molar-refractivity contribution in [1.29, 1.82) is 0 Å². The minimum atomic E-state index is -0.121. The second-order valence-corrected chi connectivity index (χ2v) is 5.34. The van der Waals surface area contributed by atoms with E-state index < -0.39 is 0 Å². The zero-order valence-corrected chi connectivity index (χ0v) is 12.2. The molecule has 18 heavy (non-hydrogen) atoms. The van der Waals surface area contributed by atoms with Crippen LogP contribution in [0.2, 0.25) is 0 Å². The molecule has 102 valence electrons. The van der Waals surface area contributed by atoms with Gasteiger partial charge in [-0.3, -0.25) is 0 Å². The van der Waals surface area contributed by atoms with E-state index in [-0.39, 0.29) is 5.60 Å². The molecule has 0 bridgehead atoms. The molecule has 0 aromatic heterocycles. The van der Waals surface area contributed by atoms with Gasteiger partial charge in [0.15, 0.2) is 0 Å². The molecule has 2 heteroatoms. The number of benzene rings is 1. The van der Waals surface area contributed by atoms with Crippen LogP contribution in [0.4, 0.5) is 0 Å². The summed E-state index contributed by atoms with van der Waals surface area (Å²) in [4.78, 5) is 0. The van der Waals surface area contributed by atoms with Crippen LogP contribution in [-0.4, -0.2) is 25.3 Å². The van der Waals surface area contributed by atoms with E-state index in [2.05, 4.69) is 56.4 Å². The summed E-state index contributed by atoms with van der Waals surface area (Å²) in [7, 11) is 1.79. The maximum absolute atomic E-state index is 5.62. The lowest BCUT2D eigenvalue weighted by Crippen LogP contribution is -2.48. The highest BCUT2D eigenvalue weighted by Crippen LogP contribution is 2.18. The van der Waals surface area contributed by atoms with Crippen LogP contribution >= 0.6 is 0 Å². The summed E-state index contributed by atoms with van der Waals surface area (Å²) in [6.45, 7) is 7.56. The molecular weight excluding hydrogens is 222 g/mol. The first-order valence-electron chi connectivity index (χ1n) is 6.92. The molecule has 0 amide bonds. The normalized spacial score (nSPS) is 13.6. The molecule has 0 aliphatic rings. The smallest absolute Gasteiger partial charge is 0.0775 e. The van der Waals surface area contributed by atoms with Crippen LogP contribution in [0, 0.1) is 0 Å². The SMILES string of the molecule is CCCNC(CCc1ccccc1)C(C)(C)OC. The number of rotatable bonds is 8. The topological polar surface area (TPSA) is 21.3 Å². The first-order valence-corrected chi connectivity index (χ1v) is 6.92. The molecule has 0 aliphatic carbocycles. The molecule has 1 aromatic carbocycles. The summed E-state index contributed by atoms with van der Waals surface area (Å²) in [5.74, 6) is 0. The Balaban J connectivity index is 2.56. The summed E-state index contributed by atoms with van der Waals surface area (Å²) >= 11 is 0. The van der Waals surface area contributed by atoms with Gasteiger partial charge in [0.1, 0.15) is 0 Å². The average Bonchev–Trinajstić information content (AvgIpc) is 2.39. The molecule has 2 nitrogen and oxygen atoms in total. The predicted molar refractivity (Wildman–Crippen MR) is 77.9 cm³/mol. The van der Waals surface area contributed by atoms with Crippen molar-refractivity contribution >= 4 is 0 Å². The molecule has 1 unspecified atom stereocenters. The van der Waals surface area contributed by atoms with Gasteiger partial charge in [-0.05, 0) is 45.2 Å². The van der Waals surface area contributed by atoms with Gasteiger partial charge in [-0.15, -0.1) is 0 Å². The highest BCUT2D eigenvalue weighted by molar-refractivity contribution is 5.15. The summed E-state index contributed by atoms with van der Waals surface area (Å²) in [5.41, 5.74) is 1.27. The van der Waals surface area contributed by atoms with Crippen molar-refractivity contribution in [2.75, 3.05) is 13.7 Å². The summed E-state index contributed by atoms with van der Waals surface area (Å²) in [6.07, 6.45) is 3.35. The average molecular weight is 249 g/mol. The molecule has 0 spiro atoms. The summed E-state index contributed by atoms with van der Waals surface area (Å²) in [5, 5.41) is 3.61. The quantitative estimate of drug-likeness (QED) is 0.762. The standard InChI is InChI=1S/C16H27NO/c1-5-13-17-15(16(2,3)18-4)12-11-14-9-7-6-8-10-14/h6-10,15,17H,5,11-13H2,1-4H3. The fraction of sp³-hybridized carbons (Fsp3) is 0.625. The first kappa shape index (κ1) is 15.2. The van der Waals surface area contributed by atoms with Crippen molar-refractivity contribution in [2.24, 2.45) is 0 Å². The number of aryl methyl sites for hydroxylation is 1. The Kier molecular flexibility index (Phi) is 6.37. The molecule has 1 N–H and O–H groups in total. The van der Waals surface area contributed by atoms with Crippen molar-refractivity contribution < 1.29 is 4.74 Å². The molecular formula is C16H27NO. The highest BCUT2D eigenvalue weighted by atomic mass is 16.5. The number of hydrogen-bond donors (Lipinski definition) is 1. The second kappa shape index (κ2) is 7.55. The summed E-state index contributed by atoms with van der Waals surface area (Å²) in [6, 6.07) is 11.0. The van der Waals surface area contributed by atoms with E-state index in [0.717, 1.165) is 25.8 Å². The second-order valence-electron chi connectivity index (χ2n) is 5.34. The monoisotopic (exact) mass is 249 g/mol. The van der Waals surface area contributed by atoms with Crippen molar-refractivity contribution in [3.8, 4) is 0 Å². The van der Waals surface area contributed by atoms with Gasteiger partial charge in [-0.2, -0.15) is 0 Å². The minimum Gasteiger partial charge on any atom is -0.377 e. The van der Waals surface area contributed by atoms with Gasteiger partial charge in [0.05, 0.1) is 5.60 Å². The summed E-state index contributed by atoms with van der Waals surface area (Å²) < 4.78 is 5.62. The lowest BCUT2D eigenvalue weighted by atomic mass is 9.92. The zero-order chi connectivity index (χ0) is 13.4. The van der Waals surface area contributed by atoms with Crippen molar-refractivity contribution in [3.63, 3.8) is 0 Å². The Morgan fingerprint density at radius 3 is 2.44 bits per heavy atom. The van der Waals surface area contributed by atoms with Crippen LogP contribution < -0.4 is 5.32 Å². The molecule has 0 aliphatic heterocycles. The predicted octanol–water partition coefficient (Wildman–Crippen LogP) is 3.41. The van der Waals surface area contributed by atoms with E-state index in [1.165, 1.54) is 5.56 Å². The van der Waals surface area contributed by atoms with Crippen molar-refractivity contribution in [1.82, 2.24) is 5.32 Å². The zero-order valence-electron chi connectivity index (χ0n) is 12.2.